The van der Waals surface area contributed by atoms with E-state index in [-0.39, 0.29) is 0 Å². The smallest absolute Gasteiger partial charge is 0.122 e. The second kappa shape index (κ2) is 6.87. The molecule has 1 aromatic rings. The van der Waals surface area contributed by atoms with Crippen molar-refractivity contribution in [2.45, 2.75) is 39.5 Å². The van der Waals surface area contributed by atoms with Crippen LogP contribution >= 0.6 is 11.6 Å². The lowest BCUT2D eigenvalue weighted by Gasteiger charge is -2.14. The Kier molecular flexibility index (Phi) is 5.79. The van der Waals surface area contributed by atoms with Crippen molar-refractivity contribution < 1.29 is 4.74 Å². The van der Waals surface area contributed by atoms with Crippen molar-refractivity contribution in [2.75, 3.05) is 13.2 Å². The van der Waals surface area contributed by atoms with E-state index >= 15 is 0 Å². The number of hydrogen-bond acceptors (Lipinski definition) is 2. The fourth-order valence-corrected chi connectivity index (χ4v) is 2.13. The van der Waals surface area contributed by atoms with Crippen LogP contribution in [0.15, 0.2) is 12.1 Å². The minimum Gasteiger partial charge on any atom is -0.493 e. The van der Waals surface area contributed by atoms with E-state index in [1.807, 2.05) is 13.0 Å². The Bertz CT molecular complexity index is 363. The molecule has 3 heteroatoms. The third kappa shape index (κ3) is 4.21. The van der Waals surface area contributed by atoms with Gasteiger partial charge in [0.1, 0.15) is 5.75 Å². The van der Waals surface area contributed by atoms with Crippen molar-refractivity contribution in [1.29, 1.82) is 0 Å². The van der Waals surface area contributed by atoms with Crippen LogP contribution in [0.1, 0.15) is 43.7 Å². The van der Waals surface area contributed by atoms with Gasteiger partial charge < -0.3 is 10.5 Å². The van der Waals surface area contributed by atoms with Gasteiger partial charge in [-0.1, -0.05) is 25.4 Å². The molecule has 0 amide bonds. The van der Waals surface area contributed by atoms with Crippen LogP contribution in [0.2, 0.25) is 5.02 Å². The minimum absolute atomic E-state index is 0.412. The Morgan fingerprint density at radius 2 is 2.00 bits per heavy atom. The first-order chi connectivity index (χ1) is 8.06. The van der Waals surface area contributed by atoms with Gasteiger partial charge in [0.15, 0.2) is 0 Å². The molecule has 0 heterocycles. The fourth-order valence-electron chi connectivity index (χ4n) is 1.70. The standard InChI is InChI=1S/C14H22ClNO/c1-10(2)12-9-14(11(3)8-13(12)15)17-7-5-4-6-16/h8-10H,4-7,16H2,1-3H3. The van der Waals surface area contributed by atoms with Crippen LogP contribution in [0.3, 0.4) is 0 Å². The van der Waals surface area contributed by atoms with Gasteiger partial charge in [0, 0.05) is 5.02 Å². The minimum atomic E-state index is 0.412. The predicted molar refractivity (Wildman–Crippen MR) is 74.1 cm³/mol. The molecule has 0 saturated carbocycles. The van der Waals surface area contributed by atoms with Crippen LogP contribution in [0.4, 0.5) is 0 Å². The Hall–Kier alpha value is -0.730. The van der Waals surface area contributed by atoms with Crippen molar-refractivity contribution in [3.05, 3.63) is 28.3 Å². The van der Waals surface area contributed by atoms with Gasteiger partial charge in [0.2, 0.25) is 0 Å². The molecule has 2 N–H and O–H groups in total. The molecular formula is C14H22ClNO. The van der Waals surface area contributed by atoms with E-state index in [0.717, 1.165) is 47.9 Å². The highest BCUT2D eigenvalue weighted by atomic mass is 35.5. The first kappa shape index (κ1) is 14.3. The van der Waals surface area contributed by atoms with Gasteiger partial charge in [-0.05, 0) is 55.5 Å². The Morgan fingerprint density at radius 3 is 2.59 bits per heavy atom. The van der Waals surface area contributed by atoms with Crippen LogP contribution < -0.4 is 10.5 Å². The lowest BCUT2D eigenvalue weighted by Crippen LogP contribution is -2.04. The molecule has 0 aliphatic heterocycles. The van der Waals surface area contributed by atoms with Crippen molar-refractivity contribution >= 4 is 11.6 Å². The molecule has 96 valence electrons. The number of benzene rings is 1. The van der Waals surface area contributed by atoms with Crippen LogP contribution in [-0.4, -0.2) is 13.2 Å². The molecule has 0 bridgehead atoms. The van der Waals surface area contributed by atoms with Crippen molar-refractivity contribution in [3.8, 4) is 5.75 Å². The van der Waals surface area contributed by atoms with Gasteiger partial charge >= 0.3 is 0 Å². The molecule has 0 aliphatic rings. The number of hydrogen-bond donors (Lipinski definition) is 1. The molecule has 0 aromatic heterocycles. The zero-order chi connectivity index (χ0) is 12.8. The first-order valence-electron chi connectivity index (χ1n) is 6.19. The molecule has 2 nitrogen and oxygen atoms in total. The van der Waals surface area contributed by atoms with Crippen molar-refractivity contribution in [1.82, 2.24) is 0 Å². The zero-order valence-electron chi connectivity index (χ0n) is 10.9. The highest BCUT2D eigenvalue weighted by Crippen LogP contribution is 2.31. The van der Waals surface area contributed by atoms with E-state index in [2.05, 4.69) is 19.9 Å². The third-order valence-corrected chi connectivity index (χ3v) is 3.10. The number of rotatable bonds is 6. The largest absolute Gasteiger partial charge is 0.493 e. The molecule has 0 fully saturated rings. The summed E-state index contributed by atoms with van der Waals surface area (Å²) in [6.07, 6.45) is 2.00. The van der Waals surface area contributed by atoms with Gasteiger partial charge in [0.25, 0.3) is 0 Å². The molecule has 0 atom stereocenters. The summed E-state index contributed by atoms with van der Waals surface area (Å²) in [5.41, 5.74) is 7.68. The topological polar surface area (TPSA) is 35.2 Å². The molecule has 0 radical (unpaired) electrons. The number of halogens is 1. The van der Waals surface area contributed by atoms with E-state index in [4.69, 9.17) is 22.1 Å². The third-order valence-electron chi connectivity index (χ3n) is 2.77. The molecular weight excluding hydrogens is 234 g/mol. The van der Waals surface area contributed by atoms with Crippen molar-refractivity contribution in [3.63, 3.8) is 0 Å². The highest BCUT2D eigenvalue weighted by Gasteiger charge is 2.09. The molecule has 0 unspecified atom stereocenters. The maximum absolute atomic E-state index is 6.21. The zero-order valence-corrected chi connectivity index (χ0v) is 11.7. The average molecular weight is 256 g/mol. The molecule has 17 heavy (non-hydrogen) atoms. The highest BCUT2D eigenvalue weighted by molar-refractivity contribution is 6.31. The predicted octanol–water partition coefficient (Wildman–Crippen LogP) is 3.89. The summed E-state index contributed by atoms with van der Waals surface area (Å²) in [7, 11) is 0. The Balaban J connectivity index is 2.74. The fraction of sp³-hybridized carbons (Fsp3) is 0.571. The number of ether oxygens (including phenoxy) is 1. The summed E-state index contributed by atoms with van der Waals surface area (Å²) in [5, 5.41) is 0.826. The summed E-state index contributed by atoms with van der Waals surface area (Å²) in [6.45, 7) is 7.73. The lowest BCUT2D eigenvalue weighted by molar-refractivity contribution is 0.305. The van der Waals surface area contributed by atoms with Crippen LogP contribution in [0.5, 0.6) is 5.75 Å². The monoisotopic (exact) mass is 255 g/mol. The van der Waals surface area contributed by atoms with E-state index < -0.39 is 0 Å². The summed E-state index contributed by atoms with van der Waals surface area (Å²) in [4.78, 5) is 0. The van der Waals surface area contributed by atoms with E-state index in [1.165, 1.54) is 0 Å². The lowest BCUT2D eigenvalue weighted by atomic mass is 10.0. The Labute approximate surface area is 109 Å². The number of unbranched alkanes of at least 4 members (excludes halogenated alkanes) is 1. The second-order valence-electron chi connectivity index (χ2n) is 4.64. The quantitative estimate of drug-likeness (QED) is 0.783. The van der Waals surface area contributed by atoms with E-state index in [9.17, 15) is 0 Å². The molecule has 1 aromatic carbocycles. The van der Waals surface area contributed by atoms with Gasteiger partial charge in [0.05, 0.1) is 6.61 Å². The molecule has 0 aliphatic carbocycles. The van der Waals surface area contributed by atoms with Crippen LogP contribution in [0, 0.1) is 6.92 Å². The molecule has 0 spiro atoms. The maximum atomic E-state index is 6.21. The van der Waals surface area contributed by atoms with E-state index in [1.54, 1.807) is 0 Å². The van der Waals surface area contributed by atoms with Gasteiger partial charge in [-0.3, -0.25) is 0 Å². The van der Waals surface area contributed by atoms with Crippen LogP contribution in [-0.2, 0) is 0 Å². The molecule has 0 saturated heterocycles. The average Bonchev–Trinajstić information content (AvgIpc) is 2.26. The van der Waals surface area contributed by atoms with Crippen LogP contribution in [0.25, 0.3) is 0 Å². The Morgan fingerprint density at radius 1 is 1.29 bits per heavy atom. The summed E-state index contributed by atoms with van der Waals surface area (Å²) >= 11 is 6.21. The molecule has 1 rings (SSSR count). The number of nitrogens with two attached hydrogens (primary N) is 1. The SMILES string of the molecule is Cc1cc(Cl)c(C(C)C)cc1OCCCCN. The van der Waals surface area contributed by atoms with Gasteiger partial charge in [-0.15, -0.1) is 0 Å². The summed E-state index contributed by atoms with van der Waals surface area (Å²) in [6, 6.07) is 4.04. The van der Waals surface area contributed by atoms with Crippen molar-refractivity contribution in [2.24, 2.45) is 5.73 Å². The number of aryl methyl sites for hydroxylation is 1. The first-order valence-corrected chi connectivity index (χ1v) is 6.57. The normalized spacial score (nSPS) is 10.9. The van der Waals surface area contributed by atoms with Gasteiger partial charge in [-0.2, -0.15) is 0 Å². The summed E-state index contributed by atoms with van der Waals surface area (Å²) < 4.78 is 5.77. The second-order valence-corrected chi connectivity index (χ2v) is 5.05. The van der Waals surface area contributed by atoms with E-state index in [0.29, 0.717) is 5.92 Å². The van der Waals surface area contributed by atoms with Gasteiger partial charge in [-0.25, -0.2) is 0 Å². The maximum Gasteiger partial charge on any atom is 0.122 e. The summed E-state index contributed by atoms with van der Waals surface area (Å²) in [5.74, 6) is 1.35.